The van der Waals surface area contributed by atoms with Gasteiger partial charge < -0.3 is 10.1 Å². The molecule has 0 aromatic heterocycles. The van der Waals surface area contributed by atoms with Crippen LogP contribution in [-0.4, -0.2) is 18.4 Å². The van der Waals surface area contributed by atoms with Crippen molar-refractivity contribution < 1.29 is 9.53 Å². The Hall–Kier alpha value is -2.17. The molecule has 0 bridgehead atoms. The first kappa shape index (κ1) is 13.3. The standard InChI is InChI=1S/C14H17N3O2/c1-4-19-13(18)9-10(2)15-14(3)16-11-7-5-6-8-12(11)17-14/h5-9,15H,4H2,1-3H3. The molecule has 0 atom stereocenters. The van der Waals surface area contributed by atoms with E-state index in [1.165, 1.54) is 6.08 Å². The molecular weight excluding hydrogens is 242 g/mol. The Morgan fingerprint density at radius 3 is 2.47 bits per heavy atom. The Labute approximate surface area is 111 Å². The first-order valence-electron chi connectivity index (χ1n) is 6.20. The first-order chi connectivity index (χ1) is 9.02. The minimum absolute atomic E-state index is 0.361. The molecule has 0 amide bonds. The van der Waals surface area contributed by atoms with Crippen molar-refractivity contribution in [3.63, 3.8) is 0 Å². The summed E-state index contributed by atoms with van der Waals surface area (Å²) in [5, 5.41) is 4.82. The van der Waals surface area contributed by atoms with Gasteiger partial charge >= 0.3 is 5.97 Å². The molecule has 0 radical (unpaired) electrons. The monoisotopic (exact) mass is 259 g/mol. The molecule has 0 saturated carbocycles. The second-order valence-electron chi connectivity index (χ2n) is 4.44. The van der Waals surface area contributed by atoms with Crippen molar-refractivity contribution in [2.24, 2.45) is 9.98 Å². The van der Waals surface area contributed by atoms with Crippen molar-refractivity contribution in [1.29, 1.82) is 0 Å². The Morgan fingerprint density at radius 2 is 1.95 bits per heavy atom. The number of rotatable bonds is 4. The van der Waals surface area contributed by atoms with Gasteiger partial charge in [0.15, 0.2) is 0 Å². The van der Waals surface area contributed by atoms with Gasteiger partial charge in [0.2, 0.25) is 5.79 Å². The summed E-state index contributed by atoms with van der Waals surface area (Å²) in [6.45, 7) is 5.78. The number of hydrogen-bond acceptors (Lipinski definition) is 5. The zero-order valence-electron chi connectivity index (χ0n) is 11.3. The van der Waals surface area contributed by atoms with Crippen LogP contribution in [-0.2, 0) is 9.53 Å². The minimum atomic E-state index is -0.767. The number of benzene rings is 1. The van der Waals surface area contributed by atoms with E-state index >= 15 is 0 Å². The van der Waals surface area contributed by atoms with E-state index in [1.807, 2.05) is 31.2 Å². The lowest BCUT2D eigenvalue weighted by Crippen LogP contribution is -2.37. The van der Waals surface area contributed by atoms with Gasteiger partial charge in [-0.05, 0) is 26.0 Å². The maximum atomic E-state index is 11.4. The van der Waals surface area contributed by atoms with Crippen molar-refractivity contribution in [2.45, 2.75) is 26.6 Å². The van der Waals surface area contributed by atoms with Crippen molar-refractivity contribution in [3.05, 3.63) is 46.8 Å². The number of para-hydroxylation sites is 2. The second kappa shape index (κ2) is 5.22. The van der Waals surface area contributed by atoms with Crippen LogP contribution in [0.15, 0.2) is 46.0 Å². The summed E-state index contributed by atoms with van der Waals surface area (Å²) in [7, 11) is 0. The van der Waals surface area contributed by atoms with Crippen molar-refractivity contribution >= 4 is 5.97 Å². The molecule has 1 aromatic rings. The highest BCUT2D eigenvalue weighted by Crippen LogP contribution is 2.11. The fraction of sp³-hybridized carbons (Fsp3) is 0.357. The highest BCUT2D eigenvalue weighted by molar-refractivity contribution is 5.82. The normalized spacial score (nSPS) is 16.1. The largest absolute Gasteiger partial charge is 0.463 e. The smallest absolute Gasteiger partial charge is 0.332 e. The maximum Gasteiger partial charge on any atom is 0.332 e. The van der Waals surface area contributed by atoms with Gasteiger partial charge in [0.1, 0.15) is 0 Å². The van der Waals surface area contributed by atoms with Gasteiger partial charge in [-0.25, -0.2) is 14.8 Å². The molecule has 1 aromatic carbocycles. The van der Waals surface area contributed by atoms with Crippen molar-refractivity contribution in [2.75, 3.05) is 6.61 Å². The summed E-state index contributed by atoms with van der Waals surface area (Å²) in [4.78, 5) is 20.4. The van der Waals surface area contributed by atoms with Crippen LogP contribution in [0.3, 0.4) is 0 Å². The summed E-state index contributed by atoms with van der Waals surface area (Å²) < 4.78 is 4.86. The highest BCUT2D eigenvalue weighted by atomic mass is 16.5. The second-order valence-corrected chi connectivity index (χ2v) is 4.44. The topological polar surface area (TPSA) is 63.0 Å². The number of nitrogens with zero attached hydrogens (tertiary/aromatic N) is 2. The van der Waals surface area contributed by atoms with Crippen LogP contribution in [0.2, 0.25) is 0 Å². The van der Waals surface area contributed by atoms with Gasteiger partial charge in [0.05, 0.1) is 17.3 Å². The fourth-order valence-corrected chi connectivity index (χ4v) is 1.97. The molecule has 1 heterocycles. The van der Waals surface area contributed by atoms with E-state index < -0.39 is 5.79 Å². The van der Waals surface area contributed by atoms with E-state index in [2.05, 4.69) is 15.3 Å². The number of ether oxygens (including phenoxy) is 1. The predicted octanol–water partition coefficient (Wildman–Crippen LogP) is 0.670. The maximum absolute atomic E-state index is 11.4. The third-order valence-corrected chi connectivity index (χ3v) is 2.61. The molecule has 0 saturated heterocycles. The van der Waals surface area contributed by atoms with Gasteiger partial charge in [0.25, 0.3) is 0 Å². The molecule has 2 rings (SSSR count). The Balaban J connectivity index is 2.17. The molecule has 0 aliphatic carbocycles. The highest BCUT2D eigenvalue weighted by Gasteiger charge is 2.24. The lowest BCUT2D eigenvalue weighted by Gasteiger charge is -2.20. The summed E-state index contributed by atoms with van der Waals surface area (Å²) in [6, 6.07) is 7.67. The van der Waals surface area contributed by atoms with E-state index in [0.717, 1.165) is 10.7 Å². The van der Waals surface area contributed by atoms with Crippen LogP contribution < -0.4 is 16.0 Å². The third-order valence-electron chi connectivity index (χ3n) is 2.61. The molecule has 0 spiro atoms. The number of hydrogen-bond donors (Lipinski definition) is 1. The molecule has 0 fully saturated rings. The number of allylic oxidation sites excluding steroid dienone is 1. The van der Waals surface area contributed by atoms with Gasteiger partial charge in [-0.15, -0.1) is 0 Å². The van der Waals surface area contributed by atoms with E-state index in [-0.39, 0.29) is 5.97 Å². The average molecular weight is 259 g/mol. The summed E-state index contributed by atoms with van der Waals surface area (Å²) in [5.41, 5.74) is 0.668. The van der Waals surface area contributed by atoms with Crippen LogP contribution in [0.25, 0.3) is 0 Å². The van der Waals surface area contributed by atoms with Crippen LogP contribution in [0.5, 0.6) is 0 Å². The van der Waals surface area contributed by atoms with E-state index in [9.17, 15) is 4.79 Å². The zero-order chi connectivity index (χ0) is 13.9. The van der Waals surface area contributed by atoms with Crippen LogP contribution in [0.4, 0.5) is 0 Å². The van der Waals surface area contributed by atoms with Crippen LogP contribution in [0.1, 0.15) is 20.8 Å². The summed E-state index contributed by atoms with van der Waals surface area (Å²) >= 11 is 0. The quantitative estimate of drug-likeness (QED) is 0.638. The zero-order valence-corrected chi connectivity index (χ0v) is 11.3. The molecular formula is C14H17N3O2. The minimum Gasteiger partial charge on any atom is -0.463 e. The molecule has 100 valence electrons. The van der Waals surface area contributed by atoms with Gasteiger partial charge in [-0.3, -0.25) is 0 Å². The van der Waals surface area contributed by atoms with E-state index in [4.69, 9.17) is 4.74 Å². The predicted molar refractivity (Wildman–Crippen MR) is 70.7 cm³/mol. The average Bonchev–Trinajstić information content (AvgIpc) is 2.64. The Morgan fingerprint density at radius 1 is 1.37 bits per heavy atom. The molecule has 1 aliphatic heterocycles. The van der Waals surface area contributed by atoms with Crippen LogP contribution in [0, 0.1) is 0 Å². The number of nitrogens with one attached hydrogen (secondary N) is 1. The van der Waals surface area contributed by atoms with Gasteiger partial charge in [-0.1, -0.05) is 12.1 Å². The Bertz CT molecular complexity index is 599. The van der Waals surface area contributed by atoms with Crippen molar-refractivity contribution in [3.8, 4) is 0 Å². The SMILES string of the molecule is CCOC(=O)C=C(C)NC1(C)N=c2ccccc2=N1. The summed E-state index contributed by atoms with van der Waals surface area (Å²) in [5.74, 6) is -1.14. The lowest BCUT2D eigenvalue weighted by molar-refractivity contribution is -0.137. The summed E-state index contributed by atoms with van der Waals surface area (Å²) in [6.07, 6.45) is 1.41. The lowest BCUT2D eigenvalue weighted by atomic mass is 10.3. The number of fused-ring (bicyclic) bond motifs is 1. The van der Waals surface area contributed by atoms with Crippen LogP contribution >= 0.6 is 0 Å². The number of carbonyl (C=O) groups excluding carboxylic acids is 1. The molecule has 5 nitrogen and oxygen atoms in total. The van der Waals surface area contributed by atoms with E-state index in [0.29, 0.717) is 12.3 Å². The number of esters is 1. The fourth-order valence-electron chi connectivity index (χ4n) is 1.97. The molecule has 1 aliphatic rings. The van der Waals surface area contributed by atoms with Crippen molar-refractivity contribution in [1.82, 2.24) is 5.32 Å². The molecule has 0 unspecified atom stereocenters. The van der Waals surface area contributed by atoms with E-state index in [1.54, 1.807) is 13.8 Å². The molecule has 19 heavy (non-hydrogen) atoms. The third kappa shape index (κ3) is 3.19. The van der Waals surface area contributed by atoms with Gasteiger partial charge in [0, 0.05) is 18.7 Å². The first-order valence-corrected chi connectivity index (χ1v) is 6.20. The Kier molecular flexibility index (Phi) is 3.64. The van der Waals surface area contributed by atoms with Gasteiger partial charge in [-0.2, -0.15) is 0 Å². The molecule has 1 N–H and O–H groups in total. The molecule has 5 heteroatoms. The number of carbonyl (C=O) groups is 1.